The number of carbonyl (C=O) groups is 2. The maximum absolute atomic E-state index is 11.0. The number of hydrogen-bond donors (Lipinski definition) is 0. The first-order valence-electron chi connectivity index (χ1n) is 3.60. The highest BCUT2D eigenvalue weighted by Gasteiger charge is 2.34. The second-order valence-electron chi connectivity index (χ2n) is 2.64. The van der Waals surface area contributed by atoms with Crippen molar-refractivity contribution in [2.45, 2.75) is 13.8 Å². The van der Waals surface area contributed by atoms with Gasteiger partial charge in [-0.3, -0.25) is 14.5 Å². The maximum Gasteiger partial charge on any atom is 0.230 e. The van der Waals surface area contributed by atoms with Crippen molar-refractivity contribution in [1.29, 1.82) is 0 Å². The summed E-state index contributed by atoms with van der Waals surface area (Å²) in [5, 5.41) is 0.185. The van der Waals surface area contributed by atoms with Gasteiger partial charge in [0.2, 0.25) is 11.8 Å². The smallest absolute Gasteiger partial charge is 0.230 e. The average molecular weight is 216 g/mol. The zero-order chi connectivity index (χ0) is 10.2. The van der Waals surface area contributed by atoms with Crippen molar-refractivity contribution in [2.75, 3.05) is 6.54 Å². The zero-order valence-corrected chi connectivity index (χ0v) is 8.87. The molecule has 6 heteroatoms. The Balaban J connectivity index is 2.94. The Morgan fingerprint density at radius 2 is 1.77 bits per heavy atom. The summed E-state index contributed by atoms with van der Waals surface area (Å²) < 4.78 is 0. The molecule has 0 N–H and O–H groups in total. The highest BCUT2D eigenvalue weighted by atomic mass is 32.1. The highest BCUT2D eigenvalue weighted by Crippen LogP contribution is 2.12. The predicted octanol–water partition coefficient (Wildman–Crippen LogP) is 0.309. The summed E-state index contributed by atoms with van der Waals surface area (Å²) in [5.74, 6) is -0.449. The molecule has 1 aliphatic heterocycles. The van der Waals surface area contributed by atoms with E-state index >= 15 is 0 Å². The normalized spacial score (nSPS) is 16.8. The van der Waals surface area contributed by atoms with E-state index in [1.807, 2.05) is 0 Å². The van der Waals surface area contributed by atoms with Gasteiger partial charge >= 0.3 is 0 Å². The van der Waals surface area contributed by atoms with E-state index in [1.54, 1.807) is 0 Å². The van der Waals surface area contributed by atoms with Crippen LogP contribution in [0.15, 0.2) is 0 Å². The van der Waals surface area contributed by atoms with Crippen LogP contribution < -0.4 is 0 Å². The quantitative estimate of drug-likeness (QED) is 0.546. The molecule has 1 saturated heterocycles. The largest absolute Gasteiger partial charge is 0.282 e. The molecule has 0 aromatic carbocycles. The van der Waals surface area contributed by atoms with E-state index in [0.717, 1.165) is 0 Å². The molecule has 2 amide bonds. The lowest BCUT2D eigenvalue weighted by Gasteiger charge is -2.15. The fourth-order valence-electron chi connectivity index (χ4n) is 1.06. The Bertz CT molecular complexity index is 314. The minimum atomic E-state index is -0.251. The third-order valence-corrected chi connectivity index (χ3v) is 2.37. The maximum atomic E-state index is 11.0. The Kier molecular flexibility index (Phi) is 2.72. The van der Waals surface area contributed by atoms with E-state index in [4.69, 9.17) is 24.4 Å². The Morgan fingerprint density at radius 3 is 2.00 bits per heavy atom. The van der Waals surface area contributed by atoms with Gasteiger partial charge in [0.1, 0.15) is 4.99 Å². The molecule has 0 spiro atoms. The Hall–Kier alpha value is -0.880. The zero-order valence-electron chi connectivity index (χ0n) is 7.23. The van der Waals surface area contributed by atoms with Gasteiger partial charge in [-0.1, -0.05) is 12.2 Å². The molecular weight excluding hydrogens is 208 g/mol. The first-order valence-corrected chi connectivity index (χ1v) is 4.42. The molecule has 1 aliphatic rings. The first kappa shape index (κ1) is 10.2. The van der Waals surface area contributed by atoms with E-state index in [2.05, 4.69) is 0 Å². The van der Waals surface area contributed by atoms with Gasteiger partial charge in [0.15, 0.2) is 5.11 Å². The van der Waals surface area contributed by atoms with Crippen molar-refractivity contribution < 1.29 is 9.59 Å². The van der Waals surface area contributed by atoms with Crippen LogP contribution in [0.1, 0.15) is 13.8 Å². The summed E-state index contributed by atoms with van der Waals surface area (Å²) in [7, 11) is 0. The van der Waals surface area contributed by atoms with Crippen LogP contribution in [0.2, 0.25) is 0 Å². The number of hydrogen-bond acceptors (Lipinski definition) is 4. The second-order valence-corrected chi connectivity index (χ2v) is 3.47. The van der Waals surface area contributed by atoms with E-state index in [1.165, 1.54) is 23.6 Å². The average Bonchev–Trinajstić information content (AvgIpc) is 2.26. The van der Waals surface area contributed by atoms with Gasteiger partial charge in [0.05, 0.1) is 6.54 Å². The summed E-state index contributed by atoms with van der Waals surface area (Å²) in [5.41, 5.74) is 0. The molecule has 13 heavy (non-hydrogen) atoms. The first-order chi connectivity index (χ1) is 5.95. The van der Waals surface area contributed by atoms with Crippen LogP contribution in [-0.2, 0) is 9.59 Å². The lowest BCUT2D eigenvalue weighted by molar-refractivity contribution is -0.124. The van der Waals surface area contributed by atoms with Gasteiger partial charge in [0.25, 0.3) is 0 Å². The van der Waals surface area contributed by atoms with Crippen molar-refractivity contribution in [2.24, 2.45) is 0 Å². The topological polar surface area (TPSA) is 40.6 Å². The highest BCUT2D eigenvalue weighted by molar-refractivity contribution is 7.82. The number of thiocarbonyl (C=S) groups is 2. The second kappa shape index (κ2) is 3.47. The Labute approximate surface area is 86.5 Å². The molecule has 0 unspecified atom stereocenters. The van der Waals surface area contributed by atoms with Crippen LogP contribution in [0.3, 0.4) is 0 Å². The van der Waals surface area contributed by atoms with Crippen LogP contribution in [-0.4, -0.2) is 38.3 Å². The van der Waals surface area contributed by atoms with Gasteiger partial charge < -0.3 is 0 Å². The van der Waals surface area contributed by atoms with E-state index in [0.29, 0.717) is 4.99 Å². The molecule has 0 aliphatic carbocycles. The minimum Gasteiger partial charge on any atom is -0.282 e. The summed E-state index contributed by atoms with van der Waals surface area (Å²) >= 11 is 9.83. The number of carbonyl (C=O) groups excluding carboxylic acids is 2. The van der Waals surface area contributed by atoms with Crippen molar-refractivity contribution in [1.82, 2.24) is 9.80 Å². The van der Waals surface area contributed by atoms with E-state index < -0.39 is 0 Å². The van der Waals surface area contributed by atoms with Crippen molar-refractivity contribution >= 4 is 46.4 Å². The van der Waals surface area contributed by atoms with Gasteiger partial charge in [-0.25, -0.2) is 4.90 Å². The third kappa shape index (κ3) is 1.73. The SMILES string of the molecule is CC(=O)N1CC(=S)N(C(C)=O)C1=S. The van der Waals surface area contributed by atoms with Gasteiger partial charge in [-0.15, -0.1) is 0 Å². The van der Waals surface area contributed by atoms with Crippen molar-refractivity contribution in [3.63, 3.8) is 0 Å². The number of rotatable bonds is 0. The van der Waals surface area contributed by atoms with Crippen LogP contribution in [0.4, 0.5) is 0 Å². The third-order valence-electron chi connectivity index (χ3n) is 1.66. The van der Waals surface area contributed by atoms with Crippen molar-refractivity contribution in [3.05, 3.63) is 0 Å². The molecule has 0 aromatic heterocycles. The summed E-state index contributed by atoms with van der Waals surface area (Å²) in [6.45, 7) is 2.99. The fraction of sp³-hybridized carbons (Fsp3) is 0.429. The molecule has 1 rings (SSSR count). The standard InChI is InChI=1S/C7H8N2O2S2/c1-4(10)8-3-6(12)9(5(2)11)7(8)13/h3H2,1-2H3. The fourth-order valence-corrected chi connectivity index (χ4v) is 1.89. The monoisotopic (exact) mass is 216 g/mol. The Morgan fingerprint density at radius 1 is 1.23 bits per heavy atom. The summed E-state index contributed by atoms with van der Waals surface area (Å²) in [6, 6.07) is 0. The molecule has 0 saturated carbocycles. The molecule has 0 radical (unpaired) electrons. The van der Waals surface area contributed by atoms with Crippen LogP contribution in [0, 0.1) is 0 Å². The molecule has 0 atom stereocenters. The lowest BCUT2D eigenvalue weighted by Crippen LogP contribution is -2.37. The molecule has 70 valence electrons. The lowest BCUT2D eigenvalue weighted by atomic mass is 10.5. The molecule has 1 fully saturated rings. The van der Waals surface area contributed by atoms with Gasteiger partial charge in [-0.05, 0) is 12.2 Å². The molecule has 0 bridgehead atoms. The minimum absolute atomic E-state index is 0.185. The van der Waals surface area contributed by atoms with Crippen LogP contribution >= 0.6 is 24.4 Å². The molecular formula is C7H8N2O2S2. The van der Waals surface area contributed by atoms with Crippen molar-refractivity contribution in [3.8, 4) is 0 Å². The summed E-state index contributed by atoms with van der Waals surface area (Å²) in [6.07, 6.45) is 0. The molecule has 1 heterocycles. The number of amides is 2. The van der Waals surface area contributed by atoms with E-state index in [-0.39, 0.29) is 23.5 Å². The van der Waals surface area contributed by atoms with Gasteiger partial charge in [0, 0.05) is 13.8 Å². The van der Waals surface area contributed by atoms with Crippen LogP contribution in [0.5, 0.6) is 0 Å². The molecule has 0 aromatic rings. The van der Waals surface area contributed by atoms with Crippen LogP contribution in [0.25, 0.3) is 0 Å². The summed E-state index contributed by atoms with van der Waals surface area (Å²) in [4.78, 5) is 24.9. The predicted molar refractivity (Wildman–Crippen MR) is 55.1 cm³/mol. The number of nitrogens with zero attached hydrogens (tertiary/aromatic N) is 2. The molecule has 4 nitrogen and oxygen atoms in total. The van der Waals surface area contributed by atoms with E-state index in [9.17, 15) is 9.59 Å². The van der Waals surface area contributed by atoms with Gasteiger partial charge in [-0.2, -0.15) is 0 Å².